The molecule has 94 valence electrons. The molecule has 1 N–H and O–H groups in total. The molecule has 1 aliphatic heterocycles. The minimum absolute atomic E-state index is 0.880. The Morgan fingerprint density at radius 3 is 2.78 bits per heavy atom. The normalized spacial score (nSPS) is 14.3. The molecule has 4 nitrogen and oxygen atoms in total. The van der Waals surface area contributed by atoms with Crippen molar-refractivity contribution in [3.05, 3.63) is 35.5 Å². The van der Waals surface area contributed by atoms with Gasteiger partial charge in [-0.25, -0.2) is 0 Å². The van der Waals surface area contributed by atoms with Crippen molar-refractivity contribution in [1.82, 2.24) is 15.1 Å². The van der Waals surface area contributed by atoms with E-state index in [0.717, 1.165) is 36.5 Å². The van der Waals surface area contributed by atoms with Crippen LogP contribution >= 0.6 is 0 Å². The Balaban J connectivity index is 2.05. The van der Waals surface area contributed by atoms with Gasteiger partial charge in [-0.3, -0.25) is 4.68 Å². The molecule has 2 aromatic rings. The van der Waals surface area contributed by atoms with E-state index in [0.29, 0.717) is 0 Å². The van der Waals surface area contributed by atoms with Crippen LogP contribution in [0.15, 0.2) is 24.3 Å². The fraction of sp³-hybridized carbons (Fsp3) is 0.357. The van der Waals surface area contributed by atoms with Crippen LogP contribution in [0, 0.1) is 0 Å². The summed E-state index contributed by atoms with van der Waals surface area (Å²) in [6.45, 7) is 1.94. The highest BCUT2D eigenvalue weighted by molar-refractivity contribution is 5.65. The molecule has 1 aromatic heterocycles. The highest BCUT2D eigenvalue weighted by Gasteiger charge is 2.19. The molecule has 1 aliphatic rings. The van der Waals surface area contributed by atoms with Gasteiger partial charge in [-0.15, -0.1) is 0 Å². The van der Waals surface area contributed by atoms with Crippen LogP contribution in [-0.4, -0.2) is 23.4 Å². The van der Waals surface area contributed by atoms with Gasteiger partial charge in [0.05, 0.1) is 18.5 Å². The van der Waals surface area contributed by atoms with Crippen molar-refractivity contribution in [2.45, 2.75) is 13.0 Å². The van der Waals surface area contributed by atoms with Crippen LogP contribution in [0.3, 0.4) is 0 Å². The molecule has 0 radical (unpaired) electrons. The SMILES string of the molecule is COc1ccc(-c2nn(C)c3c2CCNC3)cc1. The lowest BCUT2D eigenvalue weighted by molar-refractivity contribution is 0.415. The first-order valence-corrected chi connectivity index (χ1v) is 6.19. The van der Waals surface area contributed by atoms with Crippen LogP contribution in [0.5, 0.6) is 5.75 Å². The number of rotatable bonds is 2. The molecule has 1 aromatic carbocycles. The van der Waals surface area contributed by atoms with E-state index in [1.807, 2.05) is 23.9 Å². The summed E-state index contributed by atoms with van der Waals surface area (Å²) in [5.41, 5.74) is 4.94. The molecule has 0 unspecified atom stereocenters. The van der Waals surface area contributed by atoms with E-state index < -0.39 is 0 Å². The van der Waals surface area contributed by atoms with E-state index in [1.54, 1.807) is 7.11 Å². The van der Waals surface area contributed by atoms with Crippen LogP contribution in [0.1, 0.15) is 11.3 Å². The maximum absolute atomic E-state index is 5.19. The molecule has 0 aliphatic carbocycles. The van der Waals surface area contributed by atoms with Crippen LogP contribution in [0.4, 0.5) is 0 Å². The van der Waals surface area contributed by atoms with Crippen molar-refractivity contribution in [2.75, 3.05) is 13.7 Å². The van der Waals surface area contributed by atoms with Crippen molar-refractivity contribution in [3.8, 4) is 17.0 Å². The van der Waals surface area contributed by atoms with Gasteiger partial charge >= 0.3 is 0 Å². The Bertz CT molecular complexity index is 557. The van der Waals surface area contributed by atoms with Gasteiger partial charge in [0.2, 0.25) is 0 Å². The molecular formula is C14H17N3O. The first-order chi connectivity index (χ1) is 8.79. The Morgan fingerprint density at radius 2 is 2.06 bits per heavy atom. The molecule has 4 heteroatoms. The number of aryl methyl sites for hydroxylation is 1. The van der Waals surface area contributed by atoms with Crippen LogP contribution in [0.25, 0.3) is 11.3 Å². The summed E-state index contributed by atoms with van der Waals surface area (Å²) < 4.78 is 7.17. The maximum atomic E-state index is 5.19. The molecule has 0 saturated heterocycles. The summed E-state index contributed by atoms with van der Waals surface area (Å²) >= 11 is 0. The standard InChI is InChI=1S/C14H17N3O/c1-17-13-9-15-8-7-12(13)14(16-17)10-3-5-11(18-2)6-4-10/h3-6,15H,7-9H2,1-2H3. The lowest BCUT2D eigenvalue weighted by atomic mass is 10.0. The van der Waals surface area contributed by atoms with Gasteiger partial charge in [0, 0.05) is 24.7 Å². The zero-order chi connectivity index (χ0) is 12.5. The van der Waals surface area contributed by atoms with Crippen LogP contribution < -0.4 is 10.1 Å². The largest absolute Gasteiger partial charge is 0.497 e. The maximum Gasteiger partial charge on any atom is 0.118 e. The first kappa shape index (κ1) is 11.3. The summed E-state index contributed by atoms with van der Waals surface area (Å²) in [4.78, 5) is 0. The number of ether oxygens (including phenoxy) is 1. The quantitative estimate of drug-likeness (QED) is 0.873. The number of nitrogens with one attached hydrogen (secondary N) is 1. The Labute approximate surface area is 107 Å². The highest BCUT2D eigenvalue weighted by Crippen LogP contribution is 2.28. The average Bonchev–Trinajstić information content (AvgIpc) is 2.77. The zero-order valence-corrected chi connectivity index (χ0v) is 10.7. The second-order valence-corrected chi connectivity index (χ2v) is 4.55. The van der Waals surface area contributed by atoms with Crippen molar-refractivity contribution >= 4 is 0 Å². The fourth-order valence-electron chi connectivity index (χ4n) is 2.49. The molecule has 0 atom stereocenters. The number of benzene rings is 1. The summed E-state index contributed by atoms with van der Waals surface area (Å²) in [5.74, 6) is 0.880. The van der Waals surface area contributed by atoms with E-state index >= 15 is 0 Å². The molecule has 0 amide bonds. The third-order valence-electron chi connectivity index (χ3n) is 3.48. The van der Waals surface area contributed by atoms with E-state index in [2.05, 4.69) is 22.5 Å². The van der Waals surface area contributed by atoms with Crippen molar-refractivity contribution < 1.29 is 4.74 Å². The monoisotopic (exact) mass is 243 g/mol. The van der Waals surface area contributed by atoms with Gasteiger partial charge in [0.25, 0.3) is 0 Å². The average molecular weight is 243 g/mol. The highest BCUT2D eigenvalue weighted by atomic mass is 16.5. The first-order valence-electron chi connectivity index (χ1n) is 6.19. The lowest BCUT2D eigenvalue weighted by Crippen LogP contribution is -2.24. The third kappa shape index (κ3) is 1.78. The van der Waals surface area contributed by atoms with E-state index in [9.17, 15) is 0 Å². The Hall–Kier alpha value is -1.81. The molecule has 18 heavy (non-hydrogen) atoms. The molecule has 0 saturated carbocycles. The molecule has 2 heterocycles. The number of fused-ring (bicyclic) bond motifs is 1. The number of methoxy groups -OCH3 is 1. The van der Waals surface area contributed by atoms with Crippen LogP contribution in [0.2, 0.25) is 0 Å². The molecular weight excluding hydrogens is 226 g/mol. The molecule has 0 bridgehead atoms. The van der Waals surface area contributed by atoms with Crippen LogP contribution in [-0.2, 0) is 20.0 Å². The number of aromatic nitrogens is 2. The number of hydrogen-bond donors (Lipinski definition) is 1. The van der Waals surface area contributed by atoms with E-state index in [1.165, 1.54) is 11.3 Å². The van der Waals surface area contributed by atoms with Gasteiger partial charge in [-0.2, -0.15) is 5.10 Å². The smallest absolute Gasteiger partial charge is 0.118 e. The van der Waals surface area contributed by atoms with Gasteiger partial charge < -0.3 is 10.1 Å². The summed E-state index contributed by atoms with van der Waals surface area (Å²) in [6.07, 6.45) is 1.05. The Morgan fingerprint density at radius 1 is 1.28 bits per heavy atom. The molecule has 3 rings (SSSR count). The minimum Gasteiger partial charge on any atom is -0.497 e. The second kappa shape index (κ2) is 4.46. The van der Waals surface area contributed by atoms with E-state index in [4.69, 9.17) is 4.74 Å². The van der Waals surface area contributed by atoms with Crippen molar-refractivity contribution in [3.63, 3.8) is 0 Å². The third-order valence-corrected chi connectivity index (χ3v) is 3.48. The summed E-state index contributed by atoms with van der Waals surface area (Å²) in [5, 5.41) is 8.04. The fourth-order valence-corrected chi connectivity index (χ4v) is 2.49. The molecule has 0 fully saturated rings. The van der Waals surface area contributed by atoms with E-state index in [-0.39, 0.29) is 0 Å². The number of hydrogen-bond acceptors (Lipinski definition) is 3. The topological polar surface area (TPSA) is 39.1 Å². The molecule has 0 spiro atoms. The lowest BCUT2D eigenvalue weighted by Gasteiger charge is -2.14. The van der Waals surface area contributed by atoms with Gasteiger partial charge in [-0.05, 0) is 37.2 Å². The minimum atomic E-state index is 0.880. The Kier molecular flexibility index (Phi) is 2.80. The summed E-state index contributed by atoms with van der Waals surface area (Å²) in [7, 11) is 3.70. The number of nitrogens with zero attached hydrogens (tertiary/aromatic N) is 2. The van der Waals surface area contributed by atoms with Crippen molar-refractivity contribution in [1.29, 1.82) is 0 Å². The van der Waals surface area contributed by atoms with Gasteiger partial charge in [0.15, 0.2) is 0 Å². The zero-order valence-electron chi connectivity index (χ0n) is 10.7. The van der Waals surface area contributed by atoms with Gasteiger partial charge in [0.1, 0.15) is 5.75 Å². The van der Waals surface area contributed by atoms with Gasteiger partial charge in [-0.1, -0.05) is 0 Å². The predicted molar refractivity (Wildman–Crippen MR) is 70.6 cm³/mol. The second-order valence-electron chi connectivity index (χ2n) is 4.55. The summed E-state index contributed by atoms with van der Waals surface area (Å²) in [6, 6.07) is 8.11. The van der Waals surface area contributed by atoms with Crippen molar-refractivity contribution in [2.24, 2.45) is 7.05 Å². The predicted octanol–water partition coefficient (Wildman–Crippen LogP) is 1.74.